The highest BCUT2D eigenvalue weighted by atomic mass is 32.2. The van der Waals surface area contributed by atoms with E-state index in [4.69, 9.17) is 9.47 Å². The first-order chi connectivity index (χ1) is 12.8. The molecule has 0 aliphatic heterocycles. The minimum Gasteiger partial charge on any atom is -0.495 e. The van der Waals surface area contributed by atoms with Gasteiger partial charge in [-0.1, -0.05) is 6.07 Å². The van der Waals surface area contributed by atoms with Crippen molar-refractivity contribution in [1.82, 2.24) is 0 Å². The topological polar surface area (TPSA) is 134 Å². The average Bonchev–Trinajstić information content (AvgIpc) is 2.65. The van der Waals surface area contributed by atoms with Gasteiger partial charge in [0, 0.05) is 18.2 Å². The van der Waals surface area contributed by atoms with Crippen molar-refractivity contribution in [3.05, 3.63) is 52.6 Å². The van der Waals surface area contributed by atoms with Crippen molar-refractivity contribution in [3.8, 4) is 11.5 Å². The molecule has 0 spiro atoms. The third-order valence-corrected chi connectivity index (χ3v) is 4.72. The Hall–Kier alpha value is -3.34. The fourth-order valence-corrected chi connectivity index (χ4v) is 3.29. The fourth-order valence-electron chi connectivity index (χ4n) is 2.05. The number of nitrogens with one attached hydrogen (secondary N) is 1. The number of anilines is 1. The van der Waals surface area contributed by atoms with E-state index in [1.54, 1.807) is 0 Å². The van der Waals surface area contributed by atoms with Crippen LogP contribution in [0, 0.1) is 10.1 Å². The summed E-state index contributed by atoms with van der Waals surface area (Å²) in [5.74, 6) is -0.417. The Morgan fingerprint density at radius 1 is 1.19 bits per heavy atom. The Morgan fingerprint density at radius 2 is 1.93 bits per heavy atom. The van der Waals surface area contributed by atoms with E-state index in [-0.39, 0.29) is 28.7 Å². The highest BCUT2D eigenvalue weighted by molar-refractivity contribution is 7.92. The monoisotopic (exact) mass is 396 g/mol. The number of non-ortho nitro benzene ring substituents is 1. The molecular formula is C16H16N2O8S. The third kappa shape index (κ3) is 5.07. The molecule has 2 rings (SSSR count). The number of sulfonamides is 1. The number of hydrogen-bond donors (Lipinski definition) is 1. The number of methoxy groups -OCH3 is 2. The molecule has 144 valence electrons. The standard InChI is InChI=1S/C16H16N2O8S/c1-24-14-7-6-12(18(20)21)9-15(14)27(22,23)17-11-4-3-5-13(8-11)26-10-16(19)25-2/h3-9,17H,10H2,1-2H3. The Morgan fingerprint density at radius 3 is 2.56 bits per heavy atom. The van der Waals surface area contributed by atoms with Gasteiger partial charge in [-0.15, -0.1) is 0 Å². The molecule has 0 heterocycles. The summed E-state index contributed by atoms with van der Waals surface area (Å²) in [6.45, 7) is -0.342. The van der Waals surface area contributed by atoms with Crippen molar-refractivity contribution in [2.24, 2.45) is 0 Å². The molecule has 0 amide bonds. The van der Waals surface area contributed by atoms with Crippen molar-refractivity contribution in [2.75, 3.05) is 25.5 Å². The molecule has 0 saturated heterocycles. The first-order valence-corrected chi connectivity index (χ1v) is 8.90. The lowest BCUT2D eigenvalue weighted by atomic mass is 10.3. The molecule has 0 atom stereocenters. The van der Waals surface area contributed by atoms with Crippen LogP contribution in [0.25, 0.3) is 0 Å². The molecule has 0 unspecified atom stereocenters. The maximum absolute atomic E-state index is 12.7. The molecule has 0 fully saturated rings. The highest BCUT2D eigenvalue weighted by Gasteiger charge is 2.23. The van der Waals surface area contributed by atoms with Gasteiger partial charge in [-0.3, -0.25) is 14.8 Å². The minimum atomic E-state index is -4.19. The smallest absolute Gasteiger partial charge is 0.343 e. The van der Waals surface area contributed by atoms with Gasteiger partial charge in [0.05, 0.1) is 24.8 Å². The van der Waals surface area contributed by atoms with Crippen molar-refractivity contribution in [3.63, 3.8) is 0 Å². The quantitative estimate of drug-likeness (QED) is 0.406. The van der Waals surface area contributed by atoms with Gasteiger partial charge in [0.1, 0.15) is 16.4 Å². The van der Waals surface area contributed by atoms with E-state index in [1.807, 2.05) is 0 Å². The van der Waals surface area contributed by atoms with Gasteiger partial charge in [0.15, 0.2) is 6.61 Å². The van der Waals surface area contributed by atoms with Crippen molar-refractivity contribution < 1.29 is 32.3 Å². The van der Waals surface area contributed by atoms with Crippen molar-refractivity contribution in [2.45, 2.75) is 4.90 Å². The molecule has 11 heteroatoms. The average molecular weight is 396 g/mol. The molecule has 1 N–H and O–H groups in total. The number of ether oxygens (including phenoxy) is 3. The SMILES string of the molecule is COC(=O)COc1cccc(NS(=O)(=O)c2cc([N+](=O)[O-])ccc2OC)c1. The number of carbonyl (C=O) groups excluding carboxylic acids is 1. The molecule has 0 aliphatic rings. The molecule has 0 aromatic heterocycles. The summed E-state index contributed by atoms with van der Waals surface area (Å²) >= 11 is 0. The molecule has 0 radical (unpaired) electrons. The van der Waals surface area contributed by atoms with Crippen LogP contribution in [0.4, 0.5) is 11.4 Å². The fraction of sp³-hybridized carbons (Fsp3) is 0.188. The van der Waals surface area contributed by atoms with Gasteiger partial charge < -0.3 is 14.2 Å². The minimum absolute atomic E-state index is 0.0498. The summed E-state index contributed by atoms with van der Waals surface area (Å²) in [5, 5.41) is 10.9. The first kappa shape index (κ1) is 20.0. The molecule has 0 aliphatic carbocycles. The molecule has 2 aromatic carbocycles. The summed E-state index contributed by atoms with van der Waals surface area (Å²) in [5.41, 5.74) is -0.266. The molecule has 0 bridgehead atoms. The zero-order chi connectivity index (χ0) is 20.0. The molecular weight excluding hydrogens is 380 g/mol. The lowest BCUT2D eigenvalue weighted by molar-refractivity contribution is -0.385. The van der Waals surface area contributed by atoms with E-state index < -0.39 is 26.6 Å². The van der Waals surface area contributed by atoms with E-state index >= 15 is 0 Å². The third-order valence-electron chi connectivity index (χ3n) is 3.32. The van der Waals surface area contributed by atoms with Gasteiger partial charge in [0.2, 0.25) is 0 Å². The maximum Gasteiger partial charge on any atom is 0.343 e. The second-order valence-corrected chi connectivity index (χ2v) is 6.74. The zero-order valence-electron chi connectivity index (χ0n) is 14.4. The van der Waals surface area contributed by atoms with E-state index in [9.17, 15) is 23.3 Å². The summed E-state index contributed by atoms with van der Waals surface area (Å²) in [7, 11) is -1.73. The maximum atomic E-state index is 12.7. The van der Waals surface area contributed by atoms with Crippen LogP contribution in [-0.4, -0.2) is 40.1 Å². The summed E-state index contributed by atoms with van der Waals surface area (Å²) < 4.78 is 42.2. The van der Waals surface area contributed by atoms with Gasteiger partial charge in [-0.2, -0.15) is 0 Å². The number of carbonyl (C=O) groups is 1. The Bertz CT molecular complexity index is 959. The number of nitrogens with zero attached hydrogens (tertiary/aromatic N) is 1. The van der Waals surface area contributed by atoms with Crippen LogP contribution in [0.15, 0.2) is 47.4 Å². The van der Waals surface area contributed by atoms with E-state index in [2.05, 4.69) is 9.46 Å². The Balaban J connectivity index is 2.30. The Labute approximate surface area is 154 Å². The number of hydrogen-bond acceptors (Lipinski definition) is 8. The van der Waals surface area contributed by atoms with Crippen LogP contribution in [0.5, 0.6) is 11.5 Å². The van der Waals surface area contributed by atoms with Gasteiger partial charge in [-0.25, -0.2) is 13.2 Å². The highest BCUT2D eigenvalue weighted by Crippen LogP contribution is 2.30. The number of esters is 1. The number of rotatable bonds is 8. The van der Waals surface area contributed by atoms with Crippen LogP contribution in [0.3, 0.4) is 0 Å². The van der Waals surface area contributed by atoms with E-state index in [1.165, 1.54) is 44.6 Å². The second-order valence-electron chi connectivity index (χ2n) is 5.09. The van der Waals surface area contributed by atoms with Crippen LogP contribution in [0.1, 0.15) is 0 Å². The number of nitro groups is 1. The van der Waals surface area contributed by atoms with Gasteiger partial charge in [-0.05, 0) is 18.2 Å². The zero-order valence-corrected chi connectivity index (χ0v) is 15.2. The predicted molar refractivity (Wildman–Crippen MR) is 94.4 cm³/mol. The second kappa shape index (κ2) is 8.36. The Kier molecular flexibility index (Phi) is 6.19. The van der Waals surface area contributed by atoms with Gasteiger partial charge in [0.25, 0.3) is 15.7 Å². The lowest BCUT2D eigenvalue weighted by Gasteiger charge is -2.12. The molecule has 2 aromatic rings. The van der Waals surface area contributed by atoms with Crippen LogP contribution >= 0.6 is 0 Å². The van der Waals surface area contributed by atoms with Gasteiger partial charge >= 0.3 is 5.97 Å². The van der Waals surface area contributed by atoms with Crippen molar-refractivity contribution in [1.29, 1.82) is 0 Å². The first-order valence-electron chi connectivity index (χ1n) is 7.41. The number of nitro benzene ring substituents is 1. The van der Waals surface area contributed by atoms with Crippen molar-refractivity contribution >= 4 is 27.4 Å². The summed E-state index contributed by atoms with van der Waals surface area (Å²) in [6.07, 6.45) is 0. The summed E-state index contributed by atoms with van der Waals surface area (Å²) in [4.78, 5) is 20.9. The lowest BCUT2D eigenvalue weighted by Crippen LogP contribution is -2.15. The summed E-state index contributed by atoms with van der Waals surface area (Å²) in [6, 6.07) is 9.07. The van der Waals surface area contributed by atoms with E-state index in [0.29, 0.717) is 0 Å². The van der Waals surface area contributed by atoms with Crippen LogP contribution in [0.2, 0.25) is 0 Å². The molecule has 0 saturated carbocycles. The number of benzene rings is 2. The largest absolute Gasteiger partial charge is 0.495 e. The molecule has 27 heavy (non-hydrogen) atoms. The van der Waals surface area contributed by atoms with E-state index in [0.717, 1.165) is 12.1 Å². The van der Waals surface area contributed by atoms with Crippen LogP contribution in [-0.2, 0) is 19.6 Å². The predicted octanol–water partition coefficient (Wildman–Crippen LogP) is 1.96. The van der Waals surface area contributed by atoms with Crippen LogP contribution < -0.4 is 14.2 Å². The normalized spacial score (nSPS) is 10.7. The molecule has 10 nitrogen and oxygen atoms in total.